The summed E-state index contributed by atoms with van der Waals surface area (Å²) in [4.78, 5) is 41.8. The maximum atomic E-state index is 13.8. The van der Waals surface area contributed by atoms with Gasteiger partial charge < -0.3 is 33.5 Å². The number of Topliss-reactive ketones (excluding diaryl/α,β-unsaturated/α-hetero) is 1. The largest absolute Gasteiger partial charge is 0.868 e. The summed E-state index contributed by atoms with van der Waals surface area (Å²) in [7, 11) is 2.78. The highest BCUT2D eigenvalue weighted by molar-refractivity contribution is 6.16. The molecule has 1 amide bonds. The second kappa shape index (κ2) is 11.3. The number of benzene rings is 2. The van der Waals surface area contributed by atoms with E-state index >= 15 is 0 Å². The molecule has 0 radical (unpaired) electrons. The minimum atomic E-state index is -0.918. The zero-order valence-electron chi connectivity index (χ0n) is 21.9. The first-order chi connectivity index (χ1) is 18.9. The molecule has 1 N–H and O–H groups in total. The highest BCUT2D eigenvalue weighted by Gasteiger charge is 2.40. The molecule has 1 atom stereocenters. The lowest BCUT2D eigenvalue weighted by Gasteiger charge is -2.29. The van der Waals surface area contributed by atoms with Crippen molar-refractivity contribution in [2.75, 3.05) is 53.6 Å². The summed E-state index contributed by atoms with van der Waals surface area (Å²) < 4.78 is 21.4. The number of para-hydroxylation sites is 1. The van der Waals surface area contributed by atoms with Gasteiger partial charge in [-0.15, -0.1) is 0 Å². The number of ketones is 1. The lowest BCUT2D eigenvalue weighted by Crippen LogP contribution is -3.14. The molecule has 0 aliphatic carbocycles. The molecule has 10 heteroatoms. The fourth-order valence-corrected chi connectivity index (χ4v) is 5.22. The van der Waals surface area contributed by atoms with E-state index in [1.807, 2.05) is 0 Å². The number of rotatable bonds is 9. The van der Waals surface area contributed by atoms with Gasteiger partial charge in [0.1, 0.15) is 13.1 Å². The molecule has 1 unspecified atom stereocenters. The van der Waals surface area contributed by atoms with Crippen LogP contribution in [0.4, 0.5) is 0 Å². The summed E-state index contributed by atoms with van der Waals surface area (Å²) in [5.74, 6) is -2.36. The van der Waals surface area contributed by atoms with Crippen molar-refractivity contribution < 1.29 is 43.0 Å². The lowest BCUT2D eigenvalue weighted by molar-refractivity contribution is -0.908. The number of hydrogen-bond acceptors (Lipinski definition) is 8. The highest BCUT2D eigenvalue weighted by atomic mass is 16.5. The predicted molar refractivity (Wildman–Crippen MR) is 137 cm³/mol. The number of fused-ring (bicyclic) bond motifs is 1. The van der Waals surface area contributed by atoms with Crippen molar-refractivity contribution in [3.05, 3.63) is 76.8 Å². The van der Waals surface area contributed by atoms with Crippen LogP contribution < -0.4 is 14.7 Å². The molecule has 0 bridgehead atoms. The summed E-state index contributed by atoms with van der Waals surface area (Å²) in [6.45, 7) is 4.26. The van der Waals surface area contributed by atoms with Crippen LogP contribution >= 0.6 is 0 Å². The molecule has 0 saturated carbocycles. The number of nitrogens with zero attached hydrogens (tertiary/aromatic N) is 1. The molecule has 1 saturated heterocycles. The SMILES string of the molecule is COC(=O)c1ccc(C2C(C(=O)c3cc4cccc(OC)c4o3)=C([O-])C(=O)N2CCC[NH+]2CCOCC2)cc1. The van der Waals surface area contributed by atoms with Gasteiger partial charge >= 0.3 is 5.97 Å². The van der Waals surface area contributed by atoms with E-state index < -0.39 is 29.5 Å². The number of esters is 1. The van der Waals surface area contributed by atoms with E-state index in [0.29, 0.717) is 54.0 Å². The highest BCUT2D eigenvalue weighted by Crippen LogP contribution is 2.39. The van der Waals surface area contributed by atoms with Gasteiger partial charge in [-0.1, -0.05) is 24.3 Å². The summed E-state index contributed by atoms with van der Waals surface area (Å²) in [6, 6.07) is 12.3. The number of quaternary nitrogens is 1. The van der Waals surface area contributed by atoms with E-state index in [1.54, 1.807) is 48.5 Å². The van der Waals surface area contributed by atoms with Crippen LogP contribution in [0.1, 0.15) is 38.9 Å². The Balaban J connectivity index is 1.48. The Kier molecular flexibility index (Phi) is 7.67. The Morgan fingerprint density at radius 3 is 2.54 bits per heavy atom. The second-order valence-electron chi connectivity index (χ2n) is 9.54. The normalized spacial score (nSPS) is 18.2. The third-order valence-corrected chi connectivity index (χ3v) is 7.26. The number of amides is 1. The predicted octanol–water partition coefficient (Wildman–Crippen LogP) is 0.914. The van der Waals surface area contributed by atoms with Crippen molar-refractivity contribution in [3.63, 3.8) is 0 Å². The Hall–Kier alpha value is -4.15. The van der Waals surface area contributed by atoms with Gasteiger partial charge in [0.25, 0.3) is 0 Å². The van der Waals surface area contributed by atoms with Crippen LogP contribution in [0.2, 0.25) is 0 Å². The van der Waals surface area contributed by atoms with Crippen LogP contribution in [0, 0.1) is 0 Å². The molecule has 39 heavy (non-hydrogen) atoms. The monoisotopic (exact) mass is 534 g/mol. The molecule has 2 aromatic carbocycles. The average Bonchev–Trinajstić information content (AvgIpc) is 3.52. The van der Waals surface area contributed by atoms with Crippen molar-refractivity contribution in [3.8, 4) is 5.75 Å². The topological polar surface area (TPSA) is 123 Å². The zero-order chi connectivity index (χ0) is 27.5. The summed E-state index contributed by atoms with van der Waals surface area (Å²) in [6.07, 6.45) is 0.647. The molecular formula is C29H30N2O8. The van der Waals surface area contributed by atoms with Gasteiger partial charge in [-0.05, 0) is 35.6 Å². The Bertz CT molecular complexity index is 1420. The summed E-state index contributed by atoms with van der Waals surface area (Å²) >= 11 is 0. The first-order valence-corrected chi connectivity index (χ1v) is 12.9. The van der Waals surface area contributed by atoms with Crippen molar-refractivity contribution in [2.45, 2.75) is 12.5 Å². The van der Waals surface area contributed by atoms with Crippen LogP contribution in [0.15, 0.2) is 64.3 Å². The zero-order valence-corrected chi connectivity index (χ0v) is 21.9. The van der Waals surface area contributed by atoms with Crippen molar-refractivity contribution in [2.24, 2.45) is 0 Å². The smallest absolute Gasteiger partial charge is 0.337 e. The number of ether oxygens (including phenoxy) is 3. The number of carbonyl (C=O) groups excluding carboxylic acids is 3. The van der Waals surface area contributed by atoms with Gasteiger partial charge in [-0.25, -0.2) is 4.79 Å². The number of carbonyl (C=O) groups is 3. The maximum absolute atomic E-state index is 13.8. The van der Waals surface area contributed by atoms with Gasteiger partial charge in [0.15, 0.2) is 17.1 Å². The van der Waals surface area contributed by atoms with E-state index in [-0.39, 0.29) is 11.3 Å². The Labute approximate surface area is 225 Å². The number of hydrogen-bond donors (Lipinski definition) is 1. The molecular weight excluding hydrogens is 504 g/mol. The van der Waals surface area contributed by atoms with E-state index in [0.717, 1.165) is 19.6 Å². The van der Waals surface area contributed by atoms with E-state index in [4.69, 9.17) is 18.6 Å². The summed E-state index contributed by atoms with van der Waals surface area (Å²) in [5, 5.41) is 14.0. The van der Waals surface area contributed by atoms with Gasteiger partial charge in [0.05, 0.1) is 45.6 Å². The average molecular weight is 535 g/mol. The first kappa shape index (κ1) is 26.5. The van der Waals surface area contributed by atoms with E-state index in [1.165, 1.54) is 24.0 Å². The molecule has 1 fully saturated rings. The molecule has 10 nitrogen and oxygen atoms in total. The summed E-state index contributed by atoms with van der Waals surface area (Å²) in [5.41, 5.74) is 1.06. The van der Waals surface area contributed by atoms with Crippen molar-refractivity contribution in [1.29, 1.82) is 0 Å². The fourth-order valence-electron chi connectivity index (χ4n) is 5.22. The lowest BCUT2D eigenvalue weighted by atomic mass is 9.94. The standard InChI is InChI=1S/C29H30N2O8/c1-36-21-6-3-5-20-17-22(39-27(20)21)25(32)23-24(18-7-9-19(10-8-18)29(35)37-2)31(28(34)26(23)33)12-4-11-30-13-15-38-16-14-30/h3,5-10,17,24,33H,4,11-16H2,1-2H3. The molecule has 3 heterocycles. The van der Waals surface area contributed by atoms with Crippen molar-refractivity contribution >= 4 is 28.6 Å². The molecule has 204 valence electrons. The van der Waals surface area contributed by atoms with Crippen LogP contribution in [0.3, 0.4) is 0 Å². The van der Waals surface area contributed by atoms with Gasteiger partial charge in [-0.2, -0.15) is 0 Å². The molecule has 5 rings (SSSR count). The second-order valence-corrected chi connectivity index (χ2v) is 9.54. The number of nitrogens with one attached hydrogen (secondary N) is 1. The molecule has 2 aliphatic rings. The van der Waals surface area contributed by atoms with Gasteiger partial charge in [0.2, 0.25) is 11.7 Å². The van der Waals surface area contributed by atoms with Gasteiger partial charge in [-0.3, -0.25) is 9.59 Å². The van der Waals surface area contributed by atoms with Crippen LogP contribution in [-0.4, -0.2) is 76.2 Å². The fraction of sp³-hybridized carbons (Fsp3) is 0.345. The minimum absolute atomic E-state index is 0.0542. The minimum Gasteiger partial charge on any atom is -0.868 e. The Morgan fingerprint density at radius 2 is 1.85 bits per heavy atom. The van der Waals surface area contributed by atoms with E-state index in [2.05, 4.69) is 0 Å². The quantitative estimate of drug-likeness (QED) is 0.318. The van der Waals surface area contributed by atoms with Gasteiger partial charge in [0, 0.05) is 23.9 Å². The number of morpholine rings is 1. The molecule has 2 aliphatic heterocycles. The molecule has 3 aromatic rings. The third kappa shape index (κ3) is 5.13. The van der Waals surface area contributed by atoms with Crippen LogP contribution in [0.25, 0.3) is 11.0 Å². The Morgan fingerprint density at radius 1 is 1.10 bits per heavy atom. The first-order valence-electron chi connectivity index (χ1n) is 12.9. The molecule has 0 spiro atoms. The number of methoxy groups -OCH3 is 2. The number of furan rings is 1. The van der Waals surface area contributed by atoms with Crippen LogP contribution in [-0.2, 0) is 14.3 Å². The van der Waals surface area contributed by atoms with Crippen molar-refractivity contribution in [1.82, 2.24) is 4.90 Å². The van der Waals surface area contributed by atoms with Crippen LogP contribution in [0.5, 0.6) is 5.75 Å². The molecule has 1 aromatic heterocycles. The van der Waals surface area contributed by atoms with E-state index in [9.17, 15) is 19.5 Å². The third-order valence-electron chi connectivity index (χ3n) is 7.26. The maximum Gasteiger partial charge on any atom is 0.337 e.